The topological polar surface area (TPSA) is 156 Å². The molecule has 0 saturated carbocycles. The van der Waals surface area contributed by atoms with E-state index in [1.165, 1.54) is 0 Å². The van der Waals surface area contributed by atoms with E-state index in [0.717, 1.165) is 45.2 Å². The Balaban J connectivity index is 0.000000165. The summed E-state index contributed by atoms with van der Waals surface area (Å²) < 4.78 is 8.35. The molecule has 5 N–H and O–H groups in total. The molecule has 12 nitrogen and oxygen atoms in total. The van der Waals surface area contributed by atoms with Gasteiger partial charge in [0.1, 0.15) is 12.8 Å². The number of aromatic amines is 2. The van der Waals surface area contributed by atoms with Crippen molar-refractivity contribution >= 4 is 62.7 Å². The molecule has 0 amide bonds. The van der Waals surface area contributed by atoms with Gasteiger partial charge >= 0.3 is 0 Å². The average Bonchev–Trinajstić information content (AvgIpc) is 3.70. The van der Waals surface area contributed by atoms with Gasteiger partial charge in [0.25, 0.3) is 0 Å². The Labute approximate surface area is 249 Å². The van der Waals surface area contributed by atoms with E-state index in [4.69, 9.17) is 45.3 Å². The van der Waals surface area contributed by atoms with Crippen molar-refractivity contribution in [2.45, 2.75) is 13.8 Å². The smallest absolute Gasteiger partial charge is 0.236 e. The SMILES string of the molecule is Cc1cc2nc(-c3ccc(N)cc3)nn2[nH]1.Cc1cc2nc(-c3ccc(NCOCCl)cc3)nn2[nH]1.O=C(Cl)CCl. The molecule has 0 aliphatic carbocycles. The Morgan fingerprint density at radius 1 is 0.878 bits per heavy atom. The minimum Gasteiger partial charge on any atom is -0.399 e. The van der Waals surface area contributed by atoms with Gasteiger partial charge in [-0.25, -0.2) is 9.97 Å². The second kappa shape index (κ2) is 14.0. The summed E-state index contributed by atoms with van der Waals surface area (Å²) in [5.74, 6) is 1.30. The number of hydrogen-bond acceptors (Lipinski definition) is 8. The highest BCUT2D eigenvalue weighted by atomic mass is 35.5. The van der Waals surface area contributed by atoms with E-state index >= 15 is 0 Å². The van der Waals surface area contributed by atoms with Crippen LogP contribution in [0.25, 0.3) is 34.1 Å². The second-order valence-electron chi connectivity index (χ2n) is 8.61. The third-order valence-corrected chi connectivity index (χ3v) is 6.06. The highest BCUT2D eigenvalue weighted by Crippen LogP contribution is 2.20. The van der Waals surface area contributed by atoms with Crippen LogP contribution in [-0.2, 0) is 9.53 Å². The molecule has 0 bridgehead atoms. The molecule has 0 saturated heterocycles. The van der Waals surface area contributed by atoms with Gasteiger partial charge in [-0.1, -0.05) is 11.6 Å². The predicted molar refractivity (Wildman–Crippen MR) is 161 cm³/mol. The monoisotopic (exact) mass is 616 g/mol. The number of anilines is 2. The van der Waals surface area contributed by atoms with Crippen molar-refractivity contribution in [3.63, 3.8) is 0 Å². The minimum absolute atomic E-state index is 0.0957. The predicted octanol–water partition coefficient (Wildman–Crippen LogP) is 5.22. The van der Waals surface area contributed by atoms with E-state index in [2.05, 4.69) is 35.7 Å². The number of nitrogen functional groups attached to an aromatic ring is 1. The normalized spacial score (nSPS) is 10.7. The number of ether oxygens (including phenoxy) is 1. The van der Waals surface area contributed by atoms with E-state index in [1.807, 2.05) is 74.5 Å². The number of nitrogens with zero attached hydrogens (tertiary/aromatic N) is 6. The molecule has 0 aliphatic heterocycles. The quantitative estimate of drug-likeness (QED) is 0.0624. The Bertz CT molecular complexity index is 1640. The molecular formula is C26H27Cl3N10O2. The average molecular weight is 618 g/mol. The number of benzene rings is 2. The Morgan fingerprint density at radius 3 is 1.76 bits per heavy atom. The summed E-state index contributed by atoms with van der Waals surface area (Å²) in [5, 5.41) is 17.5. The van der Waals surface area contributed by atoms with Gasteiger partial charge in [0.2, 0.25) is 5.24 Å². The third-order valence-electron chi connectivity index (χ3n) is 5.39. The molecule has 6 aromatic rings. The molecule has 0 fully saturated rings. The lowest BCUT2D eigenvalue weighted by atomic mass is 10.2. The number of H-pyrrole nitrogens is 2. The molecule has 0 spiro atoms. The number of hydrogen-bond donors (Lipinski definition) is 4. The molecule has 6 rings (SSSR count). The summed E-state index contributed by atoms with van der Waals surface area (Å²) in [6, 6.07) is 19.4. The highest BCUT2D eigenvalue weighted by Gasteiger charge is 2.08. The summed E-state index contributed by atoms with van der Waals surface area (Å²) in [6.07, 6.45) is 0. The van der Waals surface area contributed by atoms with Crippen LogP contribution in [0.2, 0.25) is 0 Å². The highest BCUT2D eigenvalue weighted by molar-refractivity contribution is 6.67. The van der Waals surface area contributed by atoms with Crippen molar-refractivity contribution in [1.29, 1.82) is 0 Å². The first-order valence-corrected chi connectivity index (χ1v) is 13.6. The van der Waals surface area contributed by atoms with Crippen LogP contribution in [0.5, 0.6) is 0 Å². The second-order valence-corrected chi connectivity index (χ2v) is 9.52. The minimum atomic E-state index is -0.508. The summed E-state index contributed by atoms with van der Waals surface area (Å²) in [7, 11) is 0. The Kier molecular flexibility index (Phi) is 10.2. The summed E-state index contributed by atoms with van der Waals surface area (Å²) in [5.41, 5.74) is 13.0. The third kappa shape index (κ3) is 8.21. The zero-order valence-electron chi connectivity index (χ0n) is 22.1. The molecule has 41 heavy (non-hydrogen) atoms. The van der Waals surface area contributed by atoms with Crippen LogP contribution in [-0.4, -0.2) is 63.5 Å². The van der Waals surface area contributed by atoms with Gasteiger partial charge in [-0.15, -0.1) is 21.8 Å². The maximum Gasteiger partial charge on any atom is 0.236 e. The van der Waals surface area contributed by atoms with Crippen LogP contribution in [0.3, 0.4) is 0 Å². The van der Waals surface area contributed by atoms with Crippen LogP contribution in [0.4, 0.5) is 11.4 Å². The summed E-state index contributed by atoms with van der Waals surface area (Å²) in [4.78, 5) is 18.3. The number of aromatic nitrogens is 8. The van der Waals surface area contributed by atoms with Crippen molar-refractivity contribution in [2.24, 2.45) is 0 Å². The fourth-order valence-electron chi connectivity index (χ4n) is 3.57. The summed E-state index contributed by atoms with van der Waals surface area (Å²) >= 11 is 15.0. The zero-order valence-corrected chi connectivity index (χ0v) is 24.4. The standard InChI is InChI=1S/C13H14ClN5O.C11H11N5.C2H2Cl2O/c1-9-6-12-16-13(18-19(12)17-9)10-2-4-11(5-3-10)15-8-20-7-14;1-7-6-10-13-11(15-16(10)14-7)8-2-4-9(12)5-3-8;3-1-2(4)5/h2-6,15,17H,7-8H2,1H3;2-6,14H,12H2,1H3;1H2. The van der Waals surface area contributed by atoms with Gasteiger partial charge in [0, 0.05) is 46.0 Å². The van der Waals surface area contributed by atoms with Gasteiger partial charge < -0.3 is 15.8 Å². The first-order valence-electron chi connectivity index (χ1n) is 12.2. The number of rotatable bonds is 7. The van der Waals surface area contributed by atoms with Crippen LogP contribution in [0.15, 0.2) is 60.7 Å². The van der Waals surface area contributed by atoms with Crippen LogP contribution < -0.4 is 11.1 Å². The van der Waals surface area contributed by atoms with Gasteiger partial charge in [-0.2, -0.15) is 9.26 Å². The van der Waals surface area contributed by atoms with Crippen molar-refractivity contribution in [3.8, 4) is 22.8 Å². The molecule has 0 radical (unpaired) electrons. The van der Waals surface area contributed by atoms with Crippen molar-refractivity contribution in [1.82, 2.24) is 39.6 Å². The van der Waals surface area contributed by atoms with Gasteiger partial charge in [0.15, 0.2) is 22.9 Å². The lowest BCUT2D eigenvalue weighted by Crippen LogP contribution is -2.04. The van der Waals surface area contributed by atoms with Crippen molar-refractivity contribution < 1.29 is 9.53 Å². The number of nitrogens with one attached hydrogen (secondary N) is 3. The van der Waals surface area contributed by atoms with Gasteiger partial charge in [-0.3, -0.25) is 15.0 Å². The molecular weight excluding hydrogens is 591 g/mol. The largest absolute Gasteiger partial charge is 0.399 e. The van der Waals surface area contributed by atoms with Gasteiger partial charge in [0.05, 0.1) is 5.88 Å². The van der Waals surface area contributed by atoms with E-state index in [9.17, 15) is 4.79 Å². The number of carbonyl (C=O) groups excluding carboxylic acids is 1. The Morgan fingerprint density at radius 2 is 1.34 bits per heavy atom. The molecule has 4 heterocycles. The van der Waals surface area contributed by atoms with Crippen LogP contribution >= 0.6 is 34.8 Å². The number of carbonyl (C=O) groups is 1. The summed E-state index contributed by atoms with van der Waals surface area (Å²) in [6.45, 7) is 4.33. The van der Waals surface area contributed by atoms with Crippen LogP contribution in [0.1, 0.15) is 11.4 Å². The maximum absolute atomic E-state index is 9.45. The molecule has 0 aliphatic rings. The van der Waals surface area contributed by atoms with Crippen molar-refractivity contribution in [2.75, 3.05) is 29.7 Å². The molecule has 0 atom stereocenters. The van der Waals surface area contributed by atoms with Crippen molar-refractivity contribution in [3.05, 3.63) is 72.1 Å². The fourth-order valence-corrected chi connectivity index (χ4v) is 3.65. The number of nitrogens with two attached hydrogens (primary N) is 1. The molecule has 4 aromatic heterocycles. The van der Waals surface area contributed by atoms with E-state index in [-0.39, 0.29) is 11.9 Å². The molecule has 2 aromatic carbocycles. The number of halogens is 3. The van der Waals surface area contributed by atoms with Crippen LogP contribution in [0, 0.1) is 13.8 Å². The lowest BCUT2D eigenvalue weighted by Gasteiger charge is -2.05. The van der Waals surface area contributed by atoms with E-state index in [0.29, 0.717) is 18.4 Å². The van der Waals surface area contributed by atoms with E-state index < -0.39 is 5.24 Å². The molecule has 0 unspecified atom stereocenters. The lowest BCUT2D eigenvalue weighted by molar-refractivity contribution is -0.109. The number of aryl methyl sites for hydroxylation is 2. The maximum atomic E-state index is 9.45. The fraction of sp³-hybridized carbons (Fsp3) is 0.192. The molecule has 15 heteroatoms. The first-order chi connectivity index (χ1) is 19.7. The van der Waals surface area contributed by atoms with E-state index in [1.54, 1.807) is 9.26 Å². The number of fused-ring (bicyclic) bond motifs is 2. The number of alkyl halides is 2. The Hall–Kier alpha value is -4.10. The molecule has 214 valence electrons. The first kappa shape index (κ1) is 29.9. The zero-order chi connectivity index (χ0) is 29.4. The van der Waals surface area contributed by atoms with Gasteiger partial charge in [-0.05, 0) is 74.0 Å².